The SMILES string of the molecule is NC(CC(=O)[O-])C(=O)[O-].[K+].[K+]. The van der Waals surface area contributed by atoms with Crippen LogP contribution in [-0.2, 0) is 9.59 Å². The molecule has 0 aliphatic heterocycles. The fourth-order valence-corrected chi connectivity index (χ4v) is 0.263. The van der Waals surface area contributed by atoms with Crippen molar-refractivity contribution in [1.29, 1.82) is 0 Å². The van der Waals surface area contributed by atoms with Crippen molar-refractivity contribution < 1.29 is 123 Å². The van der Waals surface area contributed by atoms with Crippen molar-refractivity contribution in [2.45, 2.75) is 12.5 Å². The van der Waals surface area contributed by atoms with E-state index in [1.807, 2.05) is 0 Å². The zero-order valence-electron chi connectivity index (χ0n) is 6.49. The first-order valence-corrected chi connectivity index (χ1v) is 2.20. The average Bonchev–Trinajstić information content (AvgIpc) is 1.63. The number of carboxylic acids is 2. The summed E-state index contributed by atoms with van der Waals surface area (Å²) in [5.74, 6) is -3.08. The predicted octanol–water partition coefficient (Wildman–Crippen LogP) is -9.79. The van der Waals surface area contributed by atoms with Crippen molar-refractivity contribution in [3.63, 3.8) is 0 Å². The molecule has 0 rings (SSSR count). The summed E-state index contributed by atoms with van der Waals surface area (Å²) in [6, 6.07) is -1.46. The molecule has 5 nitrogen and oxygen atoms in total. The van der Waals surface area contributed by atoms with E-state index in [1.54, 1.807) is 0 Å². The summed E-state index contributed by atoms with van der Waals surface area (Å²) in [6.45, 7) is 0. The van der Waals surface area contributed by atoms with E-state index in [1.165, 1.54) is 0 Å². The first-order valence-electron chi connectivity index (χ1n) is 2.20. The number of carbonyl (C=O) groups is 2. The van der Waals surface area contributed by atoms with Gasteiger partial charge in [-0.05, 0) is 0 Å². The molecule has 0 spiro atoms. The van der Waals surface area contributed by atoms with Gasteiger partial charge in [-0.2, -0.15) is 0 Å². The van der Waals surface area contributed by atoms with Crippen LogP contribution in [0.15, 0.2) is 0 Å². The number of carboxylic acid groups (broad SMARTS) is 2. The molecule has 0 saturated heterocycles. The predicted molar refractivity (Wildman–Crippen MR) is 22.6 cm³/mol. The standard InChI is InChI=1S/C4H7NO4.2K/c5-2(4(8)9)1-3(6)7;;/h2H,1,5H2,(H,6,7)(H,8,9);;/q;2*+1/p-2. The number of hydrogen-bond acceptors (Lipinski definition) is 5. The maximum absolute atomic E-state index is 9.71. The minimum absolute atomic E-state index is 0. The van der Waals surface area contributed by atoms with Crippen LogP contribution < -0.4 is 119 Å². The fourth-order valence-electron chi connectivity index (χ4n) is 0.263. The molecule has 0 fully saturated rings. The van der Waals surface area contributed by atoms with Gasteiger partial charge < -0.3 is 25.5 Å². The molecule has 2 N–H and O–H groups in total. The van der Waals surface area contributed by atoms with Crippen LogP contribution in [0.25, 0.3) is 0 Å². The van der Waals surface area contributed by atoms with Gasteiger partial charge in [0.15, 0.2) is 0 Å². The third-order valence-corrected chi connectivity index (χ3v) is 0.689. The minimum atomic E-state index is -1.58. The van der Waals surface area contributed by atoms with E-state index in [-0.39, 0.29) is 103 Å². The van der Waals surface area contributed by atoms with Crippen molar-refractivity contribution in [3.05, 3.63) is 0 Å². The van der Waals surface area contributed by atoms with Crippen LogP contribution in [0.1, 0.15) is 6.42 Å². The molecule has 7 heteroatoms. The van der Waals surface area contributed by atoms with Crippen LogP contribution >= 0.6 is 0 Å². The van der Waals surface area contributed by atoms with Crippen LogP contribution in [0.5, 0.6) is 0 Å². The molecule has 0 radical (unpaired) electrons. The van der Waals surface area contributed by atoms with Crippen LogP contribution in [-0.4, -0.2) is 18.0 Å². The molecule has 0 aromatic heterocycles. The Hall–Kier alpha value is 2.17. The molecule has 0 aromatic rings. The van der Waals surface area contributed by atoms with Crippen molar-refractivity contribution in [2.24, 2.45) is 5.73 Å². The Morgan fingerprint density at radius 2 is 1.64 bits per heavy atom. The minimum Gasteiger partial charge on any atom is -0.550 e. The van der Waals surface area contributed by atoms with Crippen LogP contribution in [0, 0.1) is 0 Å². The van der Waals surface area contributed by atoms with Gasteiger partial charge in [0.25, 0.3) is 0 Å². The van der Waals surface area contributed by atoms with Gasteiger partial charge in [0.1, 0.15) is 0 Å². The summed E-state index contributed by atoms with van der Waals surface area (Å²) < 4.78 is 0. The monoisotopic (exact) mass is 209 g/mol. The molecule has 0 aliphatic carbocycles. The molecule has 1 atom stereocenters. The van der Waals surface area contributed by atoms with E-state index in [0.717, 1.165) is 0 Å². The topological polar surface area (TPSA) is 106 Å². The van der Waals surface area contributed by atoms with Crippen LogP contribution in [0.4, 0.5) is 0 Å². The number of aliphatic carboxylic acids is 2. The van der Waals surface area contributed by atoms with Crippen molar-refractivity contribution in [1.82, 2.24) is 0 Å². The first-order chi connectivity index (χ1) is 4.04. The Morgan fingerprint density at radius 1 is 1.27 bits per heavy atom. The van der Waals surface area contributed by atoms with E-state index in [2.05, 4.69) is 0 Å². The Kier molecular flexibility index (Phi) is 17.6. The third kappa shape index (κ3) is 12.2. The summed E-state index contributed by atoms with van der Waals surface area (Å²) in [4.78, 5) is 19.3. The van der Waals surface area contributed by atoms with E-state index in [0.29, 0.717) is 0 Å². The van der Waals surface area contributed by atoms with E-state index < -0.39 is 24.4 Å². The zero-order chi connectivity index (χ0) is 7.44. The Bertz CT molecular complexity index is 140. The summed E-state index contributed by atoms with van der Waals surface area (Å²) in [6.07, 6.45) is -0.706. The molecule has 52 valence electrons. The second-order valence-electron chi connectivity index (χ2n) is 1.50. The smallest absolute Gasteiger partial charge is 0.550 e. The quantitative estimate of drug-likeness (QED) is 0.464. The molecule has 11 heavy (non-hydrogen) atoms. The molecule has 1 unspecified atom stereocenters. The largest absolute Gasteiger partial charge is 1.00 e. The summed E-state index contributed by atoms with van der Waals surface area (Å²) in [5, 5.41) is 19.3. The van der Waals surface area contributed by atoms with Gasteiger partial charge in [-0.1, -0.05) is 0 Å². The number of rotatable bonds is 3. The summed E-state index contributed by atoms with van der Waals surface area (Å²) in [5.41, 5.74) is 4.73. The van der Waals surface area contributed by atoms with Crippen molar-refractivity contribution >= 4 is 11.9 Å². The van der Waals surface area contributed by atoms with Gasteiger partial charge in [0.05, 0.1) is 5.97 Å². The van der Waals surface area contributed by atoms with Crippen molar-refractivity contribution in [3.8, 4) is 0 Å². The van der Waals surface area contributed by atoms with Gasteiger partial charge in [-0.15, -0.1) is 0 Å². The van der Waals surface area contributed by atoms with E-state index in [9.17, 15) is 19.8 Å². The van der Waals surface area contributed by atoms with Crippen LogP contribution in [0.2, 0.25) is 0 Å². The van der Waals surface area contributed by atoms with E-state index >= 15 is 0 Å². The number of nitrogens with two attached hydrogens (primary N) is 1. The fraction of sp³-hybridized carbons (Fsp3) is 0.500. The maximum atomic E-state index is 9.71. The van der Waals surface area contributed by atoms with E-state index in [4.69, 9.17) is 5.73 Å². The molecule has 0 aromatic carbocycles. The van der Waals surface area contributed by atoms with Gasteiger partial charge in [0, 0.05) is 18.4 Å². The molecule has 0 aliphatic rings. The molecule has 0 saturated carbocycles. The molecular formula is C4H5K2NO4. The second-order valence-corrected chi connectivity index (χ2v) is 1.50. The maximum Gasteiger partial charge on any atom is 1.00 e. The normalized spacial score (nSPS) is 10.3. The first kappa shape index (κ1) is 18.9. The number of hydrogen-bond donors (Lipinski definition) is 1. The molecule has 0 amide bonds. The molecule has 0 bridgehead atoms. The van der Waals surface area contributed by atoms with Crippen molar-refractivity contribution in [2.75, 3.05) is 0 Å². The molecule has 0 heterocycles. The van der Waals surface area contributed by atoms with Gasteiger partial charge in [-0.25, -0.2) is 0 Å². The molecular weight excluding hydrogens is 204 g/mol. The number of carbonyl (C=O) groups excluding carboxylic acids is 2. The Balaban J connectivity index is -0.000000320. The zero-order valence-corrected chi connectivity index (χ0v) is 12.7. The van der Waals surface area contributed by atoms with Crippen LogP contribution in [0.3, 0.4) is 0 Å². The third-order valence-electron chi connectivity index (χ3n) is 0.689. The second kappa shape index (κ2) is 10.3. The Morgan fingerprint density at radius 3 is 1.73 bits per heavy atom. The summed E-state index contributed by atoms with van der Waals surface area (Å²) >= 11 is 0. The Labute approximate surface area is 149 Å². The van der Waals surface area contributed by atoms with Gasteiger partial charge in [0.2, 0.25) is 0 Å². The average molecular weight is 209 g/mol. The summed E-state index contributed by atoms with van der Waals surface area (Å²) in [7, 11) is 0. The van der Waals surface area contributed by atoms with Gasteiger partial charge in [-0.3, -0.25) is 0 Å². The van der Waals surface area contributed by atoms with Gasteiger partial charge >= 0.3 is 103 Å².